The van der Waals surface area contributed by atoms with Crippen LogP contribution >= 0.6 is 0 Å². The first kappa shape index (κ1) is 18.6. The second-order valence-electron chi connectivity index (χ2n) is 7.47. The molecule has 4 rings (SSSR count). The molecular formula is C20H26N6O2. The molecule has 8 nitrogen and oxygen atoms in total. The molecule has 0 atom stereocenters. The minimum Gasteiger partial charge on any atom is -0.355 e. The lowest BCUT2D eigenvalue weighted by molar-refractivity contribution is 0.0945. The van der Waals surface area contributed by atoms with E-state index in [4.69, 9.17) is 0 Å². The molecule has 0 unspecified atom stereocenters. The predicted octanol–water partition coefficient (Wildman–Crippen LogP) is 1.33. The van der Waals surface area contributed by atoms with E-state index in [1.54, 1.807) is 12.1 Å². The number of aryl methyl sites for hydroxylation is 2. The van der Waals surface area contributed by atoms with Crippen molar-refractivity contribution in [1.29, 1.82) is 0 Å². The molecule has 1 N–H and O–H groups in total. The summed E-state index contributed by atoms with van der Waals surface area (Å²) in [6.07, 6.45) is 7.67. The van der Waals surface area contributed by atoms with Crippen LogP contribution in [-0.2, 0) is 19.4 Å². The molecule has 0 aromatic carbocycles. The van der Waals surface area contributed by atoms with Gasteiger partial charge in [-0.3, -0.25) is 9.59 Å². The molecule has 1 amide bonds. The number of nitrogens with zero attached hydrogens (tertiary/aromatic N) is 5. The minimum absolute atomic E-state index is 0.111. The highest BCUT2D eigenvalue weighted by Crippen LogP contribution is 2.17. The van der Waals surface area contributed by atoms with Crippen molar-refractivity contribution in [3.05, 3.63) is 45.5 Å². The van der Waals surface area contributed by atoms with Crippen LogP contribution in [0.2, 0.25) is 0 Å². The number of rotatable bonds is 5. The second-order valence-corrected chi connectivity index (χ2v) is 7.47. The molecule has 28 heavy (non-hydrogen) atoms. The maximum absolute atomic E-state index is 12.3. The molecule has 1 aliphatic heterocycles. The number of fused-ring (bicyclic) bond motifs is 1. The highest BCUT2D eigenvalue weighted by atomic mass is 16.2. The number of amides is 1. The molecule has 2 aromatic rings. The number of carbonyl (C=O) groups is 1. The topological polar surface area (TPSA) is 93.0 Å². The summed E-state index contributed by atoms with van der Waals surface area (Å²) in [5, 5.41) is 15.5. The van der Waals surface area contributed by atoms with E-state index in [2.05, 4.69) is 25.5 Å². The number of anilines is 1. The molecule has 148 valence electrons. The van der Waals surface area contributed by atoms with Crippen molar-refractivity contribution in [1.82, 2.24) is 25.3 Å². The first-order valence-corrected chi connectivity index (χ1v) is 10.2. The van der Waals surface area contributed by atoms with Crippen molar-refractivity contribution in [3.63, 3.8) is 0 Å². The van der Waals surface area contributed by atoms with E-state index in [0.29, 0.717) is 13.1 Å². The van der Waals surface area contributed by atoms with E-state index >= 15 is 0 Å². The average molecular weight is 382 g/mol. The van der Waals surface area contributed by atoms with Crippen LogP contribution in [0.25, 0.3) is 0 Å². The third-order valence-corrected chi connectivity index (χ3v) is 5.45. The van der Waals surface area contributed by atoms with Gasteiger partial charge in [0.2, 0.25) is 0 Å². The molecular weight excluding hydrogens is 356 g/mol. The van der Waals surface area contributed by atoms with E-state index in [0.717, 1.165) is 55.8 Å². The van der Waals surface area contributed by atoms with Crippen LogP contribution < -0.4 is 15.8 Å². The van der Waals surface area contributed by atoms with Gasteiger partial charge in [-0.2, -0.15) is 5.10 Å². The van der Waals surface area contributed by atoms with Crippen molar-refractivity contribution in [2.75, 3.05) is 24.5 Å². The summed E-state index contributed by atoms with van der Waals surface area (Å²) in [5.74, 6) is 0.532. The molecule has 2 aliphatic rings. The Morgan fingerprint density at radius 2 is 1.86 bits per heavy atom. The quantitative estimate of drug-likeness (QED) is 0.839. The first-order chi connectivity index (χ1) is 13.7. The third-order valence-electron chi connectivity index (χ3n) is 5.45. The standard InChI is InChI=1S/C20H26N6O2/c27-19-14-15-6-2-3-7-16(15)24-26(19)13-10-21-20(28)17-8-9-18(23-22-17)25-11-4-1-5-12-25/h8-9,14H,1-7,10-13H2,(H,21,28). The molecule has 0 saturated carbocycles. The van der Waals surface area contributed by atoms with E-state index in [-0.39, 0.29) is 17.2 Å². The Labute approximate surface area is 164 Å². The summed E-state index contributed by atoms with van der Waals surface area (Å²) >= 11 is 0. The van der Waals surface area contributed by atoms with Crippen molar-refractivity contribution in [3.8, 4) is 0 Å². The van der Waals surface area contributed by atoms with Gasteiger partial charge in [-0.15, -0.1) is 10.2 Å². The molecule has 2 aromatic heterocycles. The molecule has 8 heteroatoms. The Bertz CT molecular complexity index is 887. The molecule has 3 heterocycles. The lowest BCUT2D eigenvalue weighted by Gasteiger charge is -2.27. The summed E-state index contributed by atoms with van der Waals surface area (Å²) in [6, 6.07) is 5.24. The number of aromatic nitrogens is 4. The van der Waals surface area contributed by atoms with E-state index in [9.17, 15) is 9.59 Å². The Balaban J connectivity index is 1.32. The van der Waals surface area contributed by atoms with Gasteiger partial charge in [0.1, 0.15) is 0 Å². The highest BCUT2D eigenvalue weighted by Gasteiger charge is 2.15. The van der Waals surface area contributed by atoms with Crippen LogP contribution in [0.5, 0.6) is 0 Å². The van der Waals surface area contributed by atoms with Gasteiger partial charge in [0.25, 0.3) is 11.5 Å². The SMILES string of the molecule is O=C(NCCn1nc2c(cc1=O)CCCC2)c1ccc(N2CCCCC2)nn1. The summed E-state index contributed by atoms with van der Waals surface area (Å²) < 4.78 is 1.44. The number of piperidine rings is 1. The second kappa shape index (κ2) is 8.50. The Morgan fingerprint density at radius 1 is 1.04 bits per heavy atom. The summed E-state index contributed by atoms with van der Waals surface area (Å²) in [6.45, 7) is 2.64. The first-order valence-electron chi connectivity index (χ1n) is 10.2. The van der Waals surface area contributed by atoms with Crippen LogP contribution in [-0.4, -0.2) is 45.5 Å². The van der Waals surface area contributed by atoms with E-state index in [1.807, 2.05) is 6.07 Å². The zero-order chi connectivity index (χ0) is 19.3. The maximum atomic E-state index is 12.3. The molecule has 1 aliphatic carbocycles. The van der Waals surface area contributed by atoms with Gasteiger partial charge in [0, 0.05) is 25.7 Å². The Morgan fingerprint density at radius 3 is 2.64 bits per heavy atom. The smallest absolute Gasteiger partial charge is 0.271 e. The largest absolute Gasteiger partial charge is 0.355 e. The van der Waals surface area contributed by atoms with Gasteiger partial charge in [0.15, 0.2) is 11.5 Å². The van der Waals surface area contributed by atoms with Crippen LogP contribution in [0.4, 0.5) is 5.82 Å². The van der Waals surface area contributed by atoms with Gasteiger partial charge in [-0.25, -0.2) is 4.68 Å². The van der Waals surface area contributed by atoms with Crippen LogP contribution in [0.15, 0.2) is 23.0 Å². The van der Waals surface area contributed by atoms with Gasteiger partial charge in [-0.1, -0.05) is 0 Å². The Hall–Kier alpha value is -2.77. The van der Waals surface area contributed by atoms with Gasteiger partial charge in [0.05, 0.1) is 12.2 Å². The minimum atomic E-state index is -0.288. The number of hydrogen-bond donors (Lipinski definition) is 1. The summed E-state index contributed by atoms with van der Waals surface area (Å²) in [4.78, 5) is 26.7. The predicted molar refractivity (Wildman–Crippen MR) is 106 cm³/mol. The number of hydrogen-bond acceptors (Lipinski definition) is 6. The van der Waals surface area contributed by atoms with E-state index < -0.39 is 0 Å². The zero-order valence-electron chi connectivity index (χ0n) is 16.1. The van der Waals surface area contributed by atoms with Gasteiger partial charge < -0.3 is 10.2 Å². The zero-order valence-corrected chi connectivity index (χ0v) is 16.1. The van der Waals surface area contributed by atoms with Gasteiger partial charge in [-0.05, 0) is 62.6 Å². The number of nitrogens with one attached hydrogen (secondary N) is 1. The Kier molecular flexibility index (Phi) is 5.64. The molecule has 1 saturated heterocycles. The third kappa shape index (κ3) is 4.21. The molecule has 1 fully saturated rings. The lowest BCUT2D eigenvalue weighted by atomic mass is 9.97. The van der Waals surface area contributed by atoms with Crippen molar-refractivity contribution < 1.29 is 4.79 Å². The molecule has 0 bridgehead atoms. The van der Waals surface area contributed by atoms with Crippen molar-refractivity contribution >= 4 is 11.7 Å². The van der Waals surface area contributed by atoms with Crippen molar-refractivity contribution in [2.24, 2.45) is 0 Å². The fourth-order valence-corrected chi connectivity index (χ4v) is 3.87. The van der Waals surface area contributed by atoms with Crippen LogP contribution in [0, 0.1) is 0 Å². The maximum Gasteiger partial charge on any atom is 0.271 e. The normalized spacial score (nSPS) is 16.5. The average Bonchev–Trinajstić information content (AvgIpc) is 2.75. The number of carbonyl (C=O) groups excluding carboxylic acids is 1. The highest BCUT2D eigenvalue weighted by molar-refractivity contribution is 5.92. The monoisotopic (exact) mass is 382 g/mol. The van der Waals surface area contributed by atoms with E-state index in [1.165, 1.54) is 23.9 Å². The molecule has 0 radical (unpaired) electrons. The lowest BCUT2D eigenvalue weighted by Crippen LogP contribution is -2.34. The van der Waals surface area contributed by atoms with Crippen LogP contribution in [0.3, 0.4) is 0 Å². The van der Waals surface area contributed by atoms with Crippen LogP contribution in [0.1, 0.15) is 53.8 Å². The fraction of sp³-hybridized carbons (Fsp3) is 0.550. The fourth-order valence-electron chi connectivity index (χ4n) is 3.87. The van der Waals surface area contributed by atoms with Crippen molar-refractivity contribution in [2.45, 2.75) is 51.5 Å². The summed E-state index contributed by atoms with van der Waals surface area (Å²) in [7, 11) is 0. The molecule has 0 spiro atoms. The summed E-state index contributed by atoms with van der Waals surface area (Å²) in [5.41, 5.74) is 2.25. The van der Waals surface area contributed by atoms with Gasteiger partial charge >= 0.3 is 0 Å².